The average Bonchev–Trinajstić information content (AvgIpc) is 2.53. The summed E-state index contributed by atoms with van der Waals surface area (Å²) in [5.41, 5.74) is 3.00. The van der Waals surface area contributed by atoms with Crippen molar-refractivity contribution in [3.8, 4) is 0 Å². The second-order valence-electron chi connectivity index (χ2n) is 6.00. The third-order valence-electron chi connectivity index (χ3n) is 4.61. The number of nitrogens with one attached hydrogen (secondary N) is 1. The van der Waals surface area contributed by atoms with Gasteiger partial charge in [0.25, 0.3) is 0 Å². The van der Waals surface area contributed by atoms with Gasteiger partial charge in [0.15, 0.2) is 0 Å². The second-order valence-corrected chi connectivity index (χ2v) is 6.00. The number of alkyl halides is 3. The third kappa shape index (κ3) is 2.12. The van der Waals surface area contributed by atoms with Crippen molar-refractivity contribution in [2.75, 3.05) is 0 Å². The zero-order chi connectivity index (χ0) is 16.2. The van der Waals surface area contributed by atoms with Crippen LogP contribution in [0.15, 0.2) is 48.1 Å². The Labute approximate surface area is 131 Å². The number of halogens is 3. The molecule has 23 heavy (non-hydrogen) atoms. The molecule has 0 radical (unpaired) electrons. The fraction of sp³-hybridized carbons (Fsp3) is 0.211. The predicted octanol–water partition coefficient (Wildman–Crippen LogP) is 5.73. The SMILES string of the molecule is N=C1CC2=C(C=CCC2)c2ccc3cccc(C(F)(F)F)c3c21. The lowest BCUT2D eigenvalue weighted by Gasteiger charge is -2.27. The summed E-state index contributed by atoms with van der Waals surface area (Å²) in [4.78, 5) is 0. The number of fused-ring (bicyclic) bond motifs is 4. The van der Waals surface area contributed by atoms with E-state index in [1.165, 1.54) is 6.07 Å². The van der Waals surface area contributed by atoms with E-state index in [-0.39, 0.29) is 11.1 Å². The Hall–Kier alpha value is -2.36. The highest BCUT2D eigenvalue weighted by Gasteiger charge is 2.35. The lowest BCUT2D eigenvalue weighted by atomic mass is 9.78. The zero-order valence-corrected chi connectivity index (χ0v) is 12.3. The molecule has 0 spiro atoms. The molecule has 0 saturated heterocycles. The van der Waals surface area contributed by atoms with Gasteiger partial charge in [0, 0.05) is 23.1 Å². The minimum atomic E-state index is -4.42. The van der Waals surface area contributed by atoms with Crippen LogP contribution in [0.5, 0.6) is 0 Å². The minimum Gasteiger partial charge on any atom is -0.304 e. The molecule has 0 bridgehead atoms. The van der Waals surface area contributed by atoms with Crippen molar-refractivity contribution in [3.05, 3.63) is 64.7 Å². The maximum atomic E-state index is 13.5. The van der Waals surface area contributed by atoms with Gasteiger partial charge in [-0.1, -0.05) is 42.0 Å². The van der Waals surface area contributed by atoms with Crippen LogP contribution < -0.4 is 0 Å². The molecular weight excluding hydrogens is 299 g/mol. The topological polar surface area (TPSA) is 23.9 Å². The maximum Gasteiger partial charge on any atom is 0.417 e. The molecule has 1 N–H and O–H groups in total. The lowest BCUT2D eigenvalue weighted by Crippen LogP contribution is -2.16. The first-order valence-electron chi connectivity index (χ1n) is 7.56. The molecule has 116 valence electrons. The molecule has 4 heteroatoms. The van der Waals surface area contributed by atoms with Crippen molar-refractivity contribution in [1.82, 2.24) is 0 Å². The Balaban J connectivity index is 2.12. The summed E-state index contributed by atoms with van der Waals surface area (Å²) in [6.07, 6.45) is 1.88. The van der Waals surface area contributed by atoms with Crippen LogP contribution in [0, 0.1) is 5.41 Å². The van der Waals surface area contributed by atoms with Gasteiger partial charge in [-0.2, -0.15) is 13.2 Å². The van der Waals surface area contributed by atoms with E-state index in [1.807, 2.05) is 12.1 Å². The van der Waals surface area contributed by atoms with Crippen molar-refractivity contribution in [3.63, 3.8) is 0 Å². The highest BCUT2D eigenvalue weighted by Crippen LogP contribution is 2.43. The quantitative estimate of drug-likeness (QED) is 0.642. The van der Waals surface area contributed by atoms with Crippen molar-refractivity contribution in [2.24, 2.45) is 0 Å². The molecule has 0 saturated carbocycles. The fourth-order valence-electron chi connectivity index (χ4n) is 3.63. The summed E-state index contributed by atoms with van der Waals surface area (Å²) in [7, 11) is 0. The van der Waals surface area contributed by atoms with E-state index >= 15 is 0 Å². The molecule has 0 unspecified atom stereocenters. The number of allylic oxidation sites excluding steroid dienone is 4. The van der Waals surface area contributed by atoms with Crippen molar-refractivity contribution < 1.29 is 13.2 Å². The molecule has 0 atom stereocenters. The van der Waals surface area contributed by atoms with Crippen LogP contribution in [0.2, 0.25) is 0 Å². The summed E-state index contributed by atoms with van der Waals surface area (Å²) in [6.45, 7) is 0. The lowest BCUT2D eigenvalue weighted by molar-refractivity contribution is -0.136. The average molecular weight is 313 g/mol. The number of benzene rings is 2. The number of hydrogen-bond donors (Lipinski definition) is 1. The maximum absolute atomic E-state index is 13.5. The first kappa shape index (κ1) is 14.2. The van der Waals surface area contributed by atoms with Gasteiger partial charge in [0.2, 0.25) is 0 Å². The molecule has 0 aromatic heterocycles. The molecule has 0 amide bonds. The van der Waals surface area contributed by atoms with Crippen LogP contribution in [-0.2, 0) is 6.18 Å². The van der Waals surface area contributed by atoms with E-state index in [0.29, 0.717) is 17.4 Å². The van der Waals surface area contributed by atoms with E-state index in [2.05, 4.69) is 6.08 Å². The molecule has 2 aromatic carbocycles. The molecule has 2 aliphatic rings. The van der Waals surface area contributed by atoms with E-state index in [0.717, 1.165) is 35.6 Å². The predicted molar refractivity (Wildman–Crippen MR) is 85.7 cm³/mol. The zero-order valence-electron chi connectivity index (χ0n) is 12.3. The highest BCUT2D eigenvalue weighted by atomic mass is 19.4. The monoisotopic (exact) mass is 313 g/mol. The van der Waals surface area contributed by atoms with E-state index in [9.17, 15) is 13.2 Å². The van der Waals surface area contributed by atoms with Crippen LogP contribution in [-0.4, -0.2) is 5.71 Å². The van der Waals surface area contributed by atoms with Gasteiger partial charge < -0.3 is 5.41 Å². The van der Waals surface area contributed by atoms with Crippen LogP contribution >= 0.6 is 0 Å². The standard InChI is InChI=1S/C19H14F3N/c20-19(21,22)15-7-3-5-11-8-9-14-13-6-2-1-4-12(13)10-16(23)18(14)17(11)15/h2-3,5-9,23H,1,4,10H2. The van der Waals surface area contributed by atoms with Crippen LogP contribution in [0.1, 0.15) is 36.0 Å². The first-order chi connectivity index (χ1) is 11.0. The minimum absolute atomic E-state index is 0.160. The number of rotatable bonds is 0. The summed E-state index contributed by atoms with van der Waals surface area (Å²) in [5, 5.41) is 9.05. The van der Waals surface area contributed by atoms with Crippen molar-refractivity contribution in [1.29, 1.82) is 5.41 Å². The van der Waals surface area contributed by atoms with Crippen LogP contribution in [0.4, 0.5) is 13.2 Å². The molecule has 4 rings (SSSR count). The van der Waals surface area contributed by atoms with Gasteiger partial charge in [0.1, 0.15) is 0 Å². The Kier molecular flexibility index (Phi) is 2.98. The number of hydrogen-bond acceptors (Lipinski definition) is 1. The van der Waals surface area contributed by atoms with E-state index in [1.54, 1.807) is 12.1 Å². The molecule has 1 nitrogen and oxygen atoms in total. The molecule has 2 aromatic rings. The largest absolute Gasteiger partial charge is 0.417 e. The van der Waals surface area contributed by atoms with Crippen LogP contribution in [0.25, 0.3) is 16.3 Å². The molecule has 0 aliphatic heterocycles. The Morgan fingerprint density at radius 1 is 1.04 bits per heavy atom. The van der Waals surface area contributed by atoms with Gasteiger partial charge in [0.05, 0.1) is 5.56 Å². The van der Waals surface area contributed by atoms with E-state index in [4.69, 9.17) is 5.41 Å². The fourth-order valence-corrected chi connectivity index (χ4v) is 3.63. The molecule has 2 aliphatic carbocycles. The van der Waals surface area contributed by atoms with Gasteiger partial charge >= 0.3 is 6.18 Å². The van der Waals surface area contributed by atoms with E-state index < -0.39 is 11.7 Å². The Bertz CT molecular complexity index is 901. The van der Waals surface area contributed by atoms with Gasteiger partial charge in [-0.15, -0.1) is 0 Å². The van der Waals surface area contributed by atoms with Crippen LogP contribution in [0.3, 0.4) is 0 Å². The Morgan fingerprint density at radius 2 is 1.87 bits per heavy atom. The summed E-state index contributed by atoms with van der Waals surface area (Å²) in [5.74, 6) is 0. The Morgan fingerprint density at radius 3 is 2.65 bits per heavy atom. The van der Waals surface area contributed by atoms with Crippen molar-refractivity contribution >= 4 is 22.1 Å². The first-order valence-corrected chi connectivity index (χ1v) is 7.56. The molecule has 0 heterocycles. The highest BCUT2D eigenvalue weighted by molar-refractivity contribution is 6.17. The second kappa shape index (κ2) is 4.82. The summed E-state index contributed by atoms with van der Waals surface area (Å²) >= 11 is 0. The van der Waals surface area contributed by atoms with Crippen molar-refractivity contribution in [2.45, 2.75) is 25.4 Å². The molecule has 0 fully saturated rings. The summed E-state index contributed by atoms with van der Waals surface area (Å²) < 4.78 is 40.4. The molecular formula is C19H14F3N. The third-order valence-corrected chi connectivity index (χ3v) is 4.61. The van der Waals surface area contributed by atoms with Gasteiger partial charge in [-0.3, -0.25) is 0 Å². The normalized spacial score (nSPS) is 17.4. The summed E-state index contributed by atoms with van der Waals surface area (Å²) in [6, 6.07) is 7.80. The smallest absolute Gasteiger partial charge is 0.304 e. The van der Waals surface area contributed by atoms with Gasteiger partial charge in [-0.25, -0.2) is 0 Å². The van der Waals surface area contributed by atoms with Gasteiger partial charge in [-0.05, 0) is 35.4 Å².